The molecule has 0 spiro atoms. The van der Waals surface area contributed by atoms with Gasteiger partial charge in [0.1, 0.15) is 0 Å². The van der Waals surface area contributed by atoms with Crippen LogP contribution in [0.2, 0.25) is 0 Å². The molecule has 0 unspecified atom stereocenters. The third kappa shape index (κ3) is 2.08. The van der Waals surface area contributed by atoms with E-state index in [9.17, 15) is 4.79 Å². The highest BCUT2D eigenvalue weighted by atomic mass is 16.4. The number of rotatable bonds is 1. The Hall–Kier alpha value is -1.59. The largest absolute Gasteiger partial charge is 0.465 e. The molecule has 0 radical (unpaired) electrons. The summed E-state index contributed by atoms with van der Waals surface area (Å²) in [5, 5.41) is 16.7. The predicted octanol–water partition coefficient (Wildman–Crippen LogP) is 0.901. The van der Waals surface area contributed by atoms with Crippen LogP contribution in [0.25, 0.3) is 0 Å². The van der Waals surface area contributed by atoms with Crippen LogP contribution in [-0.4, -0.2) is 44.2 Å². The fourth-order valence-corrected chi connectivity index (χ4v) is 1.87. The third-order valence-electron chi connectivity index (χ3n) is 2.73. The van der Waals surface area contributed by atoms with Gasteiger partial charge in [0, 0.05) is 19.3 Å². The summed E-state index contributed by atoms with van der Waals surface area (Å²) in [5.74, 6) is 0. The lowest BCUT2D eigenvalue weighted by atomic mass is 10.1. The molecule has 0 aromatic carbocycles. The van der Waals surface area contributed by atoms with Crippen molar-refractivity contribution in [3.05, 3.63) is 11.9 Å². The summed E-state index contributed by atoms with van der Waals surface area (Å²) >= 11 is 0. The Morgan fingerprint density at radius 2 is 2.20 bits per heavy atom. The Morgan fingerprint density at radius 1 is 1.53 bits per heavy atom. The second-order valence-corrected chi connectivity index (χ2v) is 3.84. The normalized spacial score (nSPS) is 18.1. The van der Waals surface area contributed by atoms with Crippen LogP contribution in [0.4, 0.5) is 4.79 Å². The number of hydrogen-bond donors (Lipinski definition) is 1. The summed E-state index contributed by atoms with van der Waals surface area (Å²) in [6, 6.07) is 0.293. The molecule has 2 heterocycles. The molecular weight excluding hydrogens is 196 g/mol. The molecule has 1 aromatic rings. The van der Waals surface area contributed by atoms with E-state index in [4.69, 9.17) is 5.11 Å². The van der Waals surface area contributed by atoms with Crippen LogP contribution in [0.3, 0.4) is 0 Å². The highest BCUT2D eigenvalue weighted by Gasteiger charge is 2.23. The molecule has 1 aromatic heterocycles. The second kappa shape index (κ2) is 3.88. The Labute approximate surface area is 87.5 Å². The minimum absolute atomic E-state index is 0.293. The highest BCUT2D eigenvalue weighted by Crippen LogP contribution is 2.21. The standard InChI is InChI=1S/C9H14N4O2/c1-7-6-13(11-10-7)8-2-4-12(5-3-8)9(14)15/h6,8H,2-5H2,1H3,(H,14,15). The topological polar surface area (TPSA) is 71.2 Å². The SMILES string of the molecule is Cc1cn(C2CCN(C(=O)O)CC2)nn1. The number of piperidine rings is 1. The Kier molecular flexibility index (Phi) is 2.57. The van der Waals surface area contributed by atoms with E-state index in [1.165, 1.54) is 4.90 Å². The number of amides is 1. The van der Waals surface area contributed by atoms with Gasteiger partial charge in [-0.15, -0.1) is 5.10 Å². The molecule has 6 nitrogen and oxygen atoms in total. The molecule has 15 heavy (non-hydrogen) atoms. The number of hydrogen-bond acceptors (Lipinski definition) is 3. The fourth-order valence-electron chi connectivity index (χ4n) is 1.87. The van der Waals surface area contributed by atoms with Gasteiger partial charge in [0.2, 0.25) is 0 Å². The van der Waals surface area contributed by atoms with Crippen molar-refractivity contribution in [2.45, 2.75) is 25.8 Å². The van der Waals surface area contributed by atoms with Crippen LogP contribution < -0.4 is 0 Å². The molecule has 0 saturated carbocycles. The Balaban J connectivity index is 1.96. The van der Waals surface area contributed by atoms with E-state index in [2.05, 4.69) is 10.3 Å². The maximum Gasteiger partial charge on any atom is 0.407 e. The summed E-state index contributed by atoms with van der Waals surface area (Å²) in [7, 11) is 0. The van der Waals surface area contributed by atoms with Gasteiger partial charge in [0.25, 0.3) is 0 Å². The summed E-state index contributed by atoms with van der Waals surface area (Å²) in [6.07, 6.45) is 2.70. The maximum absolute atomic E-state index is 10.7. The second-order valence-electron chi connectivity index (χ2n) is 3.84. The predicted molar refractivity (Wildman–Crippen MR) is 52.6 cm³/mol. The molecule has 1 N–H and O–H groups in total. The van der Waals surface area contributed by atoms with Gasteiger partial charge in [0.15, 0.2) is 0 Å². The van der Waals surface area contributed by atoms with E-state index in [-0.39, 0.29) is 0 Å². The molecule has 2 rings (SSSR count). The van der Waals surface area contributed by atoms with Gasteiger partial charge in [-0.1, -0.05) is 5.21 Å². The highest BCUT2D eigenvalue weighted by molar-refractivity contribution is 5.64. The molecule has 1 aliphatic heterocycles. The first kappa shape index (κ1) is 9.95. The van der Waals surface area contributed by atoms with Crippen molar-refractivity contribution in [3.63, 3.8) is 0 Å². The van der Waals surface area contributed by atoms with Crippen molar-refractivity contribution < 1.29 is 9.90 Å². The molecule has 0 bridgehead atoms. The lowest BCUT2D eigenvalue weighted by Gasteiger charge is -2.29. The zero-order valence-corrected chi connectivity index (χ0v) is 8.63. The van der Waals surface area contributed by atoms with Crippen molar-refractivity contribution in [2.75, 3.05) is 13.1 Å². The minimum atomic E-state index is -0.830. The fraction of sp³-hybridized carbons (Fsp3) is 0.667. The molecule has 1 aliphatic rings. The van der Waals surface area contributed by atoms with Crippen LogP contribution in [-0.2, 0) is 0 Å². The zero-order chi connectivity index (χ0) is 10.8. The zero-order valence-electron chi connectivity index (χ0n) is 8.63. The van der Waals surface area contributed by atoms with E-state index in [1.54, 1.807) is 0 Å². The average Bonchev–Trinajstić information content (AvgIpc) is 2.65. The van der Waals surface area contributed by atoms with Crippen molar-refractivity contribution in [2.24, 2.45) is 0 Å². The summed E-state index contributed by atoms with van der Waals surface area (Å²) in [6.45, 7) is 3.06. The van der Waals surface area contributed by atoms with E-state index in [0.717, 1.165) is 18.5 Å². The first-order valence-electron chi connectivity index (χ1n) is 5.03. The molecule has 0 aliphatic carbocycles. The molecule has 82 valence electrons. The minimum Gasteiger partial charge on any atom is -0.465 e. The molecule has 1 amide bonds. The van der Waals surface area contributed by atoms with Gasteiger partial charge in [-0.3, -0.25) is 0 Å². The quantitative estimate of drug-likeness (QED) is 0.747. The summed E-state index contributed by atoms with van der Waals surface area (Å²) in [4.78, 5) is 12.1. The van der Waals surface area contributed by atoms with Crippen molar-refractivity contribution in [1.82, 2.24) is 19.9 Å². The maximum atomic E-state index is 10.7. The first-order valence-corrected chi connectivity index (χ1v) is 5.03. The van der Waals surface area contributed by atoms with Gasteiger partial charge in [-0.2, -0.15) is 0 Å². The molecule has 1 fully saturated rings. The Bertz CT molecular complexity index is 355. The average molecular weight is 210 g/mol. The van der Waals surface area contributed by atoms with Crippen LogP contribution in [0.15, 0.2) is 6.20 Å². The van der Waals surface area contributed by atoms with Gasteiger partial charge in [0.05, 0.1) is 11.7 Å². The van der Waals surface area contributed by atoms with Crippen LogP contribution in [0, 0.1) is 6.92 Å². The smallest absolute Gasteiger partial charge is 0.407 e. The summed E-state index contributed by atoms with van der Waals surface area (Å²) < 4.78 is 1.84. The molecule has 0 atom stereocenters. The van der Waals surface area contributed by atoms with Crippen molar-refractivity contribution in [1.29, 1.82) is 0 Å². The van der Waals surface area contributed by atoms with Gasteiger partial charge in [-0.25, -0.2) is 9.48 Å². The van der Waals surface area contributed by atoms with Gasteiger partial charge >= 0.3 is 6.09 Å². The molecule has 1 saturated heterocycles. The number of aryl methyl sites for hydroxylation is 1. The van der Waals surface area contributed by atoms with Crippen molar-refractivity contribution >= 4 is 6.09 Å². The first-order chi connectivity index (χ1) is 7.16. The monoisotopic (exact) mass is 210 g/mol. The van der Waals surface area contributed by atoms with E-state index in [1.807, 2.05) is 17.8 Å². The van der Waals surface area contributed by atoms with E-state index < -0.39 is 6.09 Å². The summed E-state index contributed by atoms with van der Waals surface area (Å²) in [5.41, 5.74) is 0.899. The van der Waals surface area contributed by atoms with Gasteiger partial charge < -0.3 is 10.0 Å². The molecule has 6 heteroatoms. The van der Waals surface area contributed by atoms with Crippen LogP contribution in [0.5, 0.6) is 0 Å². The number of carboxylic acid groups (broad SMARTS) is 1. The lowest BCUT2D eigenvalue weighted by Crippen LogP contribution is -2.38. The van der Waals surface area contributed by atoms with Gasteiger partial charge in [-0.05, 0) is 19.8 Å². The number of nitrogens with zero attached hydrogens (tertiary/aromatic N) is 4. The third-order valence-corrected chi connectivity index (χ3v) is 2.73. The van der Waals surface area contributed by atoms with E-state index in [0.29, 0.717) is 19.1 Å². The number of aromatic nitrogens is 3. The van der Waals surface area contributed by atoms with E-state index >= 15 is 0 Å². The number of likely N-dealkylation sites (tertiary alicyclic amines) is 1. The van der Waals surface area contributed by atoms with Crippen LogP contribution >= 0.6 is 0 Å². The van der Waals surface area contributed by atoms with Crippen LogP contribution in [0.1, 0.15) is 24.6 Å². The number of carbonyl (C=O) groups is 1. The van der Waals surface area contributed by atoms with Crippen molar-refractivity contribution in [3.8, 4) is 0 Å². The molecular formula is C9H14N4O2. The lowest BCUT2D eigenvalue weighted by molar-refractivity contribution is 0.123. The Morgan fingerprint density at radius 3 is 2.67 bits per heavy atom.